The molecule has 0 radical (unpaired) electrons. The van der Waals surface area contributed by atoms with E-state index in [-0.39, 0.29) is 5.91 Å². The minimum absolute atomic E-state index is 0.0407. The van der Waals surface area contributed by atoms with Gasteiger partial charge in [-0.15, -0.1) is 0 Å². The van der Waals surface area contributed by atoms with Gasteiger partial charge in [-0.3, -0.25) is 4.79 Å². The summed E-state index contributed by atoms with van der Waals surface area (Å²) in [7, 11) is 1.95. The second-order valence-electron chi connectivity index (χ2n) is 5.36. The first-order chi connectivity index (χ1) is 10.7. The smallest absolute Gasteiger partial charge is 0.254 e. The fourth-order valence-corrected chi connectivity index (χ4v) is 2.58. The van der Waals surface area contributed by atoms with E-state index in [2.05, 4.69) is 4.98 Å². The van der Waals surface area contributed by atoms with Gasteiger partial charge in [-0.05, 0) is 30.7 Å². The molecular weight excluding hydrogens is 274 g/mol. The van der Waals surface area contributed by atoms with Crippen molar-refractivity contribution in [3.63, 3.8) is 0 Å². The van der Waals surface area contributed by atoms with Gasteiger partial charge in [0.1, 0.15) is 0 Å². The van der Waals surface area contributed by atoms with Crippen LogP contribution in [-0.4, -0.2) is 26.9 Å². The van der Waals surface area contributed by atoms with Gasteiger partial charge in [0.05, 0.1) is 17.4 Å². The lowest BCUT2D eigenvalue weighted by Gasteiger charge is -2.21. The quantitative estimate of drug-likeness (QED) is 0.740. The van der Waals surface area contributed by atoms with E-state index in [0.717, 1.165) is 16.6 Å². The predicted octanol–water partition coefficient (Wildman–Crippen LogP) is 3.24. The molecule has 1 heterocycles. The molecule has 1 aromatic heterocycles. The molecule has 0 bridgehead atoms. The fraction of sp³-hybridized carbons (Fsp3) is 0.222. The van der Waals surface area contributed by atoms with Crippen molar-refractivity contribution in [3.8, 4) is 0 Å². The number of nitrogens with zero attached hydrogens (tertiary/aromatic N) is 3. The lowest BCUT2D eigenvalue weighted by molar-refractivity contribution is 0.0752. The zero-order valence-electron chi connectivity index (χ0n) is 12.9. The summed E-state index contributed by atoms with van der Waals surface area (Å²) in [6.07, 6.45) is 1.76. The highest BCUT2D eigenvalue weighted by atomic mass is 16.2. The van der Waals surface area contributed by atoms with Gasteiger partial charge >= 0.3 is 0 Å². The largest absolute Gasteiger partial charge is 0.335 e. The van der Waals surface area contributed by atoms with Crippen LogP contribution in [-0.2, 0) is 13.6 Å². The van der Waals surface area contributed by atoms with Crippen molar-refractivity contribution in [1.82, 2.24) is 14.5 Å². The molecule has 22 heavy (non-hydrogen) atoms. The van der Waals surface area contributed by atoms with Crippen LogP contribution in [0.4, 0.5) is 0 Å². The Balaban J connectivity index is 1.86. The molecule has 0 aliphatic rings. The number of hydrogen-bond donors (Lipinski definition) is 0. The Labute approximate surface area is 130 Å². The Morgan fingerprint density at radius 1 is 1.18 bits per heavy atom. The maximum absolute atomic E-state index is 12.7. The third kappa shape index (κ3) is 2.72. The van der Waals surface area contributed by atoms with E-state index in [1.807, 2.05) is 72.0 Å². The van der Waals surface area contributed by atoms with Crippen LogP contribution in [0.5, 0.6) is 0 Å². The average Bonchev–Trinajstić information content (AvgIpc) is 2.93. The van der Waals surface area contributed by atoms with Crippen LogP contribution in [0.3, 0.4) is 0 Å². The molecule has 3 aromatic rings. The number of carbonyl (C=O) groups excluding carboxylic acids is 1. The van der Waals surface area contributed by atoms with Crippen molar-refractivity contribution in [2.24, 2.45) is 7.05 Å². The Kier molecular flexibility index (Phi) is 3.92. The van der Waals surface area contributed by atoms with Gasteiger partial charge in [-0.25, -0.2) is 4.98 Å². The molecule has 0 aliphatic heterocycles. The van der Waals surface area contributed by atoms with Gasteiger partial charge < -0.3 is 9.47 Å². The molecule has 0 fully saturated rings. The molecule has 0 unspecified atom stereocenters. The standard InChI is InChI=1S/C18H19N3O/c1-3-21(12-14-7-5-4-6-8-14)18(22)15-9-10-17-16(11-15)19-13-20(17)2/h4-11,13H,3,12H2,1-2H3. The van der Waals surface area contributed by atoms with Crippen molar-refractivity contribution in [2.45, 2.75) is 13.5 Å². The molecule has 0 N–H and O–H groups in total. The van der Waals surface area contributed by atoms with Gasteiger partial charge in [0, 0.05) is 25.7 Å². The van der Waals surface area contributed by atoms with Crippen molar-refractivity contribution in [3.05, 3.63) is 66.0 Å². The lowest BCUT2D eigenvalue weighted by Crippen LogP contribution is -2.30. The van der Waals surface area contributed by atoms with Crippen LogP contribution >= 0.6 is 0 Å². The summed E-state index contributed by atoms with van der Waals surface area (Å²) in [5, 5.41) is 0. The van der Waals surface area contributed by atoms with Crippen molar-refractivity contribution < 1.29 is 4.79 Å². The molecule has 0 saturated heterocycles. The number of hydrogen-bond acceptors (Lipinski definition) is 2. The van der Waals surface area contributed by atoms with Gasteiger partial charge in [0.15, 0.2) is 0 Å². The second kappa shape index (κ2) is 6.02. The second-order valence-corrected chi connectivity index (χ2v) is 5.36. The summed E-state index contributed by atoms with van der Waals surface area (Å²) in [5.41, 5.74) is 3.70. The minimum Gasteiger partial charge on any atom is -0.335 e. The SMILES string of the molecule is CCN(Cc1ccccc1)C(=O)c1ccc2c(c1)ncn2C. The zero-order valence-corrected chi connectivity index (χ0v) is 12.9. The molecule has 4 nitrogen and oxygen atoms in total. The van der Waals surface area contributed by atoms with Crippen LogP contribution in [0, 0.1) is 0 Å². The molecule has 2 aromatic carbocycles. The number of fused-ring (bicyclic) bond motifs is 1. The highest BCUT2D eigenvalue weighted by molar-refractivity contribution is 5.97. The van der Waals surface area contributed by atoms with Gasteiger partial charge in [-0.2, -0.15) is 0 Å². The number of imidazole rings is 1. The first-order valence-electron chi connectivity index (χ1n) is 7.43. The molecule has 1 amide bonds. The number of aromatic nitrogens is 2. The van der Waals surface area contributed by atoms with Crippen molar-refractivity contribution in [1.29, 1.82) is 0 Å². The zero-order chi connectivity index (χ0) is 15.5. The monoisotopic (exact) mass is 293 g/mol. The minimum atomic E-state index is 0.0407. The Bertz CT molecular complexity index is 792. The van der Waals surface area contributed by atoms with Crippen molar-refractivity contribution >= 4 is 16.9 Å². The maximum atomic E-state index is 12.7. The first-order valence-corrected chi connectivity index (χ1v) is 7.43. The molecule has 3 rings (SSSR count). The summed E-state index contributed by atoms with van der Waals surface area (Å²) in [6, 6.07) is 15.7. The summed E-state index contributed by atoms with van der Waals surface area (Å²) < 4.78 is 1.95. The van der Waals surface area contributed by atoms with E-state index in [4.69, 9.17) is 0 Å². The predicted molar refractivity (Wildman–Crippen MR) is 87.6 cm³/mol. The van der Waals surface area contributed by atoms with E-state index in [9.17, 15) is 4.79 Å². The van der Waals surface area contributed by atoms with E-state index in [1.54, 1.807) is 6.33 Å². The summed E-state index contributed by atoms with van der Waals surface area (Å²) in [5.74, 6) is 0.0407. The molecule has 0 aliphatic carbocycles. The summed E-state index contributed by atoms with van der Waals surface area (Å²) in [6.45, 7) is 3.30. The Morgan fingerprint density at radius 3 is 2.68 bits per heavy atom. The normalized spacial score (nSPS) is 10.8. The maximum Gasteiger partial charge on any atom is 0.254 e. The fourth-order valence-electron chi connectivity index (χ4n) is 2.58. The van der Waals surface area contributed by atoms with Gasteiger partial charge in [-0.1, -0.05) is 30.3 Å². The summed E-state index contributed by atoms with van der Waals surface area (Å²) in [4.78, 5) is 18.9. The van der Waals surface area contributed by atoms with Crippen molar-refractivity contribution in [2.75, 3.05) is 6.54 Å². The third-order valence-electron chi connectivity index (χ3n) is 3.86. The molecule has 4 heteroatoms. The van der Waals surface area contributed by atoms with Crippen LogP contribution in [0.25, 0.3) is 11.0 Å². The molecule has 0 saturated carbocycles. The number of rotatable bonds is 4. The molecule has 112 valence electrons. The topological polar surface area (TPSA) is 38.1 Å². The third-order valence-corrected chi connectivity index (χ3v) is 3.86. The van der Waals surface area contributed by atoms with Crippen LogP contribution in [0.15, 0.2) is 54.9 Å². The first kappa shape index (κ1) is 14.3. The molecule has 0 spiro atoms. The highest BCUT2D eigenvalue weighted by Crippen LogP contribution is 2.16. The van der Waals surface area contributed by atoms with E-state index < -0.39 is 0 Å². The number of amides is 1. The molecular formula is C18H19N3O. The lowest BCUT2D eigenvalue weighted by atomic mass is 10.1. The van der Waals surface area contributed by atoms with Crippen LogP contribution in [0.2, 0.25) is 0 Å². The Morgan fingerprint density at radius 2 is 1.95 bits per heavy atom. The number of aryl methyl sites for hydroxylation is 1. The number of benzene rings is 2. The summed E-state index contributed by atoms with van der Waals surface area (Å²) >= 11 is 0. The van der Waals surface area contributed by atoms with Gasteiger partial charge in [0.25, 0.3) is 5.91 Å². The average molecular weight is 293 g/mol. The molecule has 0 atom stereocenters. The van der Waals surface area contributed by atoms with Crippen LogP contribution < -0.4 is 0 Å². The van der Waals surface area contributed by atoms with Crippen LogP contribution in [0.1, 0.15) is 22.8 Å². The van der Waals surface area contributed by atoms with E-state index >= 15 is 0 Å². The van der Waals surface area contributed by atoms with Gasteiger partial charge in [0.2, 0.25) is 0 Å². The Hall–Kier alpha value is -2.62. The van der Waals surface area contributed by atoms with E-state index in [0.29, 0.717) is 18.7 Å². The van der Waals surface area contributed by atoms with E-state index in [1.165, 1.54) is 0 Å². The highest BCUT2D eigenvalue weighted by Gasteiger charge is 2.15. The number of carbonyl (C=O) groups is 1.